The molecule has 0 saturated heterocycles. The fourth-order valence-corrected chi connectivity index (χ4v) is 8.62. The summed E-state index contributed by atoms with van der Waals surface area (Å²) < 4.78 is 16.8. The Bertz CT molecular complexity index is 920. The zero-order valence-corrected chi connectivity index (χ0v) is 42.2. The van der Waals surface area contributed by atoms with Crippen molar-refractivity contribution in [2.24, 2.45) is 0 Å². The number of carbonyl (C=O) groups excluding carboxylic acids is 3. The van der Waals surface area contributed by atoms with Gasteiger partial charge in [-0.1, -0.05) is 284 Å². The molecule has 368 valence electrons. The number of hydrogen-bond acceptors (Lipinski definition) is 6. The number of hydrogen-bond donors (Lipinski definition) is 0. The third-order valence-electron chi connectivity index (χ3n) is 12.9. The maximum absolute atomic E-state index is 12.8. The Morgan fingerprint density at radius 1 is 0.258 bits per heavy atom. The average molecular weight is 877 g/mol. The van der Waals surface area contributed by atoms with Crippen LogP contribution in [0.3, 0.4) is 0 Å². The first-order valence-corrected chi connectivity index (χ1v) is 28.0. The molecule has 0 fully saturated rings. The highest BCUT2D eigenvalue weighted by atomic mass is 16.6. The second kappa shape index (κ2) is 52.0. The van der Waals surface area contributed by atoms with Gasteiger partial charge in [-0.3, -0.25) is 14.4 Å². The van der Waals surface area contributed by atoms with E-state index in [-0.39, 0.29) is 31.1 Å². The smallest absolute Gasteiger partial charge is 0.306 e. The SMILES string of the molecule is CCCCCCCCCCCCCCCCCCCCCCCC(=O)OC[C@H](COC(=O)CCCCCCCCCCCCC)OC(=O)CCCCCCCCCCCCCC. The number of ether oxygens (including phenoxy) is 3. The van der Waals surface area contributed by atoms with Crippen molar-refractivity contribution in [2.45, 2.75) is 329 Å². The highest BCUT2D eigenvalue weighted by molar-refractivity contribution is 5.71. The summed E-state index contributed by atoms with van der Waals surface area (Å²) in [5.74, 6) is -0.838. The van der Waals surface area contributed by atoms with Crippen molar-refractivity contribution >= 4 is 17.9 Å². The van der Waals surface area contributed by atoms with Crippen LogP contribution in [0.2, 0.25) is 0 Å². The van der Waals surface area contributed by atoms with Gasteiger partial charge in [0, 0.05) is 19.3 Å². The lowest BCUT2D eigenvalue weighted by atomic mass is 10.0. The first kappa shape index (κ1) is 60.4. The van der Waals surface area contributed by atoms with Crippen molar-refractivity contribution in [1.82, 2.24) is 0 Å². The first-order chi connectivity index (χ1) is 30.5. The van der Waals surface area contributed by atoms with E-state index >= 15 is 0 Å². The van der Waals surface area contributed by atoms with Gasteiger partial charge in [0.25, 0.3) is 0 Å². The maximum atomic E-state index is 12.8. The zero-order chi connectivity index (χ0) is 45.1. The van der Waals surface area contributed by atoms with Crippen LogP contribution in [-0.4, -0.2) is 37.2 Å². The minimum atomic E-state index is -0.759. The van der Waals surface area contributed by atoms with E-state index in [4.69, 9.17) is 14.2 Å². The molecule has 0 saturated carbocycles. The van der Waals surface area contributed by atoms with E-state index in [1.807, 2.05) is 0 Å². The Kier molecular flexibility index (Phi) is 50.7. The van der Waals surface area contributed by atoms with Crippen molar-refractivity contribution in [1.29, 1.82) is 0 Å². The second-order valence-electron chi connectivity index (χ2n) is 19.2. The molecule has 0 aromatic rings. The lowest BCUT2D eigenvalue weighted by Gasteiger charge is -2.18. The lowest BCUT2D eigenvalue weighted by molar-refractivity contribution is -0.167. The number of rotatable bonds is 52. The number of carbonyl (C=O) groups is 3. The fraction of sp³-hybridized carbons (Fsp3) is 0.946. The molecular weight excluding hydrogens is 769 g/mol. The predicted molar refractivity (Wildman–Crippen MR) is 266 cm³/mol. The molecular formula is C56H108O6. The molecule has 0 heterocycles. The molecule has 0 rings (SSSR count). The number of esters is 3. The van der Waals surface area contributed by atoms with Gasteiger partial charge >= 0.3 is 17.9 Å². The molecule has 0 bridgehead atoms. The van der Waals surface area contributed by atoms with Gasteiger partial charge in [0.1, 0.15) is 13.2 Å². The minimum Gasteiger partial charge on any atom is -0.462 e. The Hall–Kier alpha value is -1.59. The molecule has 0 N–H and O–H groups in total. The Balaban J connectivity index is 4.19. The van der Waals surface area contributed by atoms with Gasteiger partial charge in [0.2, 0.25) is 0 Å². The topological polar surface area (TPSA) is 78.9 Å². The van der Waals surface area contributed by atoms with E-state index in [0.717, 1.165) is 57.8 Å². The van der Waals surface area contributed by atoms with Gasteiger partial charge < -0.3 is 14.2 Å². The Morgan fingerprint density at radius 3 is 0.645 bits per heavy atom. The summed E-state index contributed by atoms with van der Waals surface area (Å²) in [5, 5.41) is 0. The van der Waals surface area contributed by atoms with Gasteiger partial charge in [0.15, 0.2) is 6.10 Å². The third-order valence-corrected chi connectivity index (χ3v) is 12.9. The maximum Gasteiger partial charge on any atom is 0.306 e. The van der Waals surface area contributed by atoms with Crippen LogP contribution in [0.25, 0.3) is 0 Å². The largest absolute Gasteiger partial charge is 0.462 e. The first-order valence-electron chi connectivity index (χ1n) is 28.0. The molecule has 0 aliphatic carbocycles. The van der Waals surface area contributed by atoms with Crippen LogP contribution >= 0.6 is 0 Å². The van der Waals surface area contributed by atoms with Gasteiger partial charge in [-0.25, -0.2) is 0 Å². The highest BCUT2D eigenvalue weighted by Crippen LogP contribution is 2.17. The summed E-state index contributed by atoms with van der Waals surface area (Å²) in [5.41, 5.74) is 0. The lowest BCUT2D eigenvalue weighted by Crippen LogP contribution is -2.30. The molecule has 0 aromatic carbocycles. The van der Waals surface area contributed by atoms with E-state index < -0.39 is 6.10 Å². The molecule has 62 heavy (non-hydrogen) atoms. The predicted octanol–water partition coefficient (Wildman–Crippen LogP) is 18.4. The van der Waals surface area contributed by atoms with E-state index in [1.54, 1.807) is 0 Å². The Labute approximate surface area is 387 Å². The van der Waals surface area contributed by atoms with Crippen molar-refractivity contribution in [3.05, 3.63) is 0 Å². The Morgan fingerprint density at radius 2 is 0.435 bits per heavy atom. The van der Waals surface area contributed by atoms with Crippen molar-refractivity contribution in [3.8, 4) is 0 Å². The molecule has 0 unspecified atom stereocenters. The van der Waals surface area contributed by atoms with Crippen LogP contribution in [0.4, 0.5) is 0 Å². The van der Waals surface area contributed by atoms with Crippen LogP contribution in [0.5, 0.6) is 0 Å². The molecule has 6 nitrogen and oxygen atoms in total. The summed E-state index contributed by atoms with van der Waals surface area (Å²) >= 11 is 0. The summed E-state index contributed by atoms with van der Waals surface area (Å²) in [7, 11) is 0. The van der Waals surface area contributed by atoms with Crippen LogP contribution in [0.1, 0.15) is 323 Å². The molecule has 0 radical (unpaired) electrons. The fourth-order valence-electron chi connectivity index (χ4n) is 8.62. The monoisotopic (exact) mass is 877 g/mol. The van der Waals surface area contributed by atoms with Crippen molar-refractivity contribution < 1.29 is 28.6 Å². The molecule has 0 aliphatic rings. The van der Waals surface area contributed by atoms with Gasteiger partial charge in [0.05, 0.1) is 0 Å². The van der Waals surface area contributed by atoms with Gasteiger partial charge in [-0.15, -0.1) is 0 Å². The standard InChI is InChI=1S/C56H108O6/c1-4-7-10-13-16-19-22-24-25-26-27-28-29-30-31-32-35-37-40-43-46-49-55(58)61-52-53(51-60-54(57)48-45-42-39-36-33-21-18-15-12-9-6-3)62-56(59)50-47-44-41-38-34-23-20-17-14-11-8-5-2/h53H,4-52H2,1-3H3/t53-/m0/s1. The van der Waals surface area contributed by atoms with E-state index in [0.29, 0.717) is 19.3 Å². The molecule has 6 heteroatoms. The van der Waals surface area contributed by atoms with Gasteiger partial charge in [-0.05, 0) is 19.3 Å². The van der Waals surface area contributed by atoms with Crippen molar-refractivity contribution in [2.75, 3.05) is 13.2 Å². The van der Waals surface area contributed by atoms with Crippen LogP contribution in [-0.2, 0) is 28.6 Å². The number of unbranched alkanes of at least 4 members (excludes halogenated alkanes) is 41. The quantitative estimate of drug-likeness (QED) is 0.0344. The van der Waals surface area contributed by atoms with Crippen molar-refractivity contribution in [3.63, 3.8) is 0 Å². The summed E-state index contributed by atoms with van der Waals surface area (Å²) in [6.07, 6.45) is 56.7. The van der Waals surface area contributed by atoms with E-state index in [9.17, 15) is 14.4 Å². The molecule has 1 atom stereocenters. The molecule has 0 aliphatic heterocycles. The van der Waals surface area contributed by atoms with Crippen LogP contribution < -0.4 is 0 Å². The summed E-state index contributed by atoms with van der Waals surface area (Å²) in [6, 6.07) is 0. The molecule has 0 amide bonds. The third kappa shape index (κ3) is 49.4. The van der Waals surface area contributed by atoms with Gasteiger partial charge in [-0.2, -0.15) is 0 Å². The minimum absolute atomic E-state index is 0.0615. The van der Waals surface area contributed by atoms with E-state index in [1.165, 1.54) is 225 Å². The van der Waals surface area contributed by atoms with Crippen LogP contribution in [0.15, 0.2) is 0 Å². The second-order valence-corrected chi connectivity index (χ2v) is 19.2. The summed E-state index contributed by atoms with van der Waals surface area (Å²) in [6.45, 7) is 6.68. The molecule has 0 spiro atoms. The average Bonchev–Trinajstić information content (AvgIpc) is 3.27. The molecule has 0 aromatic heterocycles. The van der Waals surface area contributed by atoms with E-state index in [2.05, 4.69) is 20.8 Å². The van der Waals surface area contributed by atoms with Crippen LogP contribution in [0, 0.1) is 0 Å². The summed E-state index contributed by atoms with van der Waals surface area (Å²) in [4.78, 5) is 38.0. The normalized spacial score (nSPS) is 11.9. The highest BCUT2D eigenvalue weighted by Gasteiger charge is 2.19. The zero-order valence-electron chi connectivity index (χ0n) is 42.2.